The molecule has 0 aromatic heterocycles. The van der Waals surface area contributed by atoms with E-state index in [-0.39, 0.29) is 0 Å². The third-order valence-corrected chi connectivity index (χ3v) is 3.83. The van der Waals surface area contributed by atoms with Crippen molar-refractivity contribution in [3.8, 4) is 0 Å². The Kier molecular flexibility index (Phi) is 5.84. The number of hydrogen-bond acceptors (Lipinski definition) is 3. The zero-order valence-corrected chi connectivity index (χ0v) is 12.6. The lowest BCUT2D eigenvalue weighted by molar-refractivity contribution is -0.432. The van der Waals surface area contributed by atoms with Gasteiger partial charge in [0.25, 0.3) is 0 Å². The van der Waals surface area contributed by atoms with E-state index in [0.29, 0.717) is 0 Å². The van der Waals surface area contributed by atoms with Crippen LogP contribution in [-0.4, -0.2) is 64.8 Å². The molecule has 0 atom stereocenters. The number of alkyl halides is 14. The van der Waals surface area contributed by atoms with Crippen LogP contribution in [0.4, 0.5) is 61.5 Å². The van der Waals surface area contributed by atoms with Gasteiger partial charge in [-0.05, 0) is 0 Å². The summed E-state index contributed by atoms with van der Waals surface area (Å²) in [5.74, 6) is -53.8. The van der Waals surface area contributed by atoms with Gasteiger partial charge in [-0.2, -0.15) is 69.9 Å². The molecule has 0 rings (SSSR count). The number of carboxylic acids is 1. The monoisotopic (exact) mass is 476 g/mol. The number of carbonyl (C=O) groups is 1. The fourth-order valence-electron chi connectivity index (χ4n) is 1.27. The molecule has 0 heterocycles. The summed E-state index contributed by atoms with van der Waals surface area (Å²) in [6.07, 6.45) is 0. The van der Waals surface area contributed by atoms with Gasteiger partial charge in [-0.3, -0.25) is 4.55 Å². The molecule has 0 aromatic rings. The second kappa shape index (κ2) is 6.20. The maximum absolute atomic E-state index is 13.1. The Labute approximate surface area is 142 Å². The van der Waals surface area contributed by atoms with Crippen LogP contribution in [-0.2, 0) is 14.9 Å². The van der Waals surface area contributed by atoms with Crippen molar-refractivity contribution in [1.82, 2.24) is 0 Å². The molecule has 0 aromatic carbocycles. The molecular weight excluding hydrogens is 474 g/mol. The molecule has 0 saturated heterocycles. The molecule has 20 heteroatoms. The van der Waals surface area contributed by atoms with Crippen molar-refractivity contribution >= 4 is 16.1 Å². The van der Waals surface area contributed by atoms with Crippen molar-refractivity contribution in [2.45, 2.75) is 40.8 Å². The van der Waals surface area contributed by atoms with Crippen LogP contribution in [0.15, 0.2) is 0 Å². The Hall–Kier alpha value is -1.60. The van der Waals surface area contributed by atoms with Gasteiger partial charge in [0.2, 0.25) is 0 Å². The van der Waals surface area contributed by atoms with E-state index in [0.717, 1.165) is 0 Å². The smallest absolute Gasteiger partial charge is 0.438 e. The lowest BCUT2D eigenvalue weighted by atomic mass is 9.91. The third-order valence-electron chi connectivity index (χ3n) is 2.93. The number of hydrogen-bond donors (Lipinski definition) is 2. The lowest BCUT2D eigenvalue weighted by Gasteiger charge is -2.41. The van der Waals surface area contributed by atoms with E-state index in [4.69, 9.17) is 9.66 Å². The molecule has 0 aliphatic heterocycles. The summed E-state index contributed by atoms with van der Waals surface area (Å²) in [5.41, 5.74) is 0. The minimum absolute atomic E-state index is 4.34. The van der Waals surface area contributed by atoms with Crippen LogP contribution in [0.2, 0.25) is 0 Å². The van der Waals surface area contributed by atoms with Gasteiger partial charge in [0, 0.05) is 0 Å². The molecule has 0 fully saturated rings. The standard InChI is InChI=1S/C8H2F14O5S/c9-2(10,1(23)24)3(11,12)4(13,14)5(15,16)6(17,18)7(19,20)8(21,22)28(25,26)27/h(H,23,24)(H,25,26,27). The highest BCUT2D eigenvalue weighted by Gasteiger charge is 2.95. The Morgan fingerprint density at radius 2 is 0.821 bits per heavy atom. The van der Waals surface area contributed by atoms with Gasteiger partial charge < -0.3 is 5.11 Å². The molecule has 0 unspecified atom stereocenters. The Balaban J connectivity index is 6.85. The quantitative estimate of drug-likeness (QED) is 0.414. The van der Waals surface area contributed by atoms with Gasteiger partial charge in [0.05, 0.1) is 0 Å². The van der Waals surface area contributed by atoms with Gasteiger partial charge in [-0.25, -0.2) is 4.79 Å². The average Bonchev–Trinajstić information content (AvgIpc) is 2.44. The van der Waals surface area contributed by atoms with Gasteiger partial charge >= 0.3 is 56.9 Å². The molecule has 0 aliphatic carbocycles. The topological polar surface area (TPSA) is 91.7 Å². The van der Waals surface area contributed by atoms with E-state index >= 15 is 0 Å². The van der Waals surface area contributed by atoms with Crippen molar-refractivity contribution in [2.75, 3.05) is 0 Å². The average molecular weight is 476 g/mol. The van der Waals surface area contributed by atoms with Crippen molar-refractivity contribution in [3.63, 3.8) is 0 Å². The Bertz CT molecular complexity index is 741. The summed E-state index contributed by atoms with van der Waals surface area (Å²) >= 11 is 0. The van der Waals surface area contributed by atoms with Gasteiger partial charge in [0.1, 0.15) is 0 Å². The van der Waals surface area contributed by atoms with E-state index in [9.17, 15) is 74.7 Å². The molecule has 0 amide bonds. The van der Waals surface area contributed by atoms with Crippen LogP contribution in [0.1, 0.15) is 0 Å². The van der Waals surface area contributed by atoms with Crippen molar-refractivity contribution in [1.29, 1.82) is 0 Å². The van der Waals surface area contributed by atoms with Crippen molar-refractivity contribution in [2.24, 2.45) is 0 Å². The highest BCUT2D eigenvalue weighted by molar-refractivity contribution is 7.87. The predicted octanol–water partition coefficient (Wildman–Crippen LogP) is 3.36. The Morgan fingerprint density at radius 1 is 0.571 bits per heavy atom. The Morgan fingerprint density at radius 3 is 1.07 bits per heavy atom. The minimum Gasteiger partial charge on any atom is -0.477 e. The first-order chi connectivity index (χ1) is 11.7. The first-order valence-corrected chi connectivity index (χ1v) is 6.98. The molecule has 0 aliphatic rings. The molecule has 168 valence electrons. The third kappa shape index (κ3) is 2.94. The predicted molar refractivity (Wildman–Crippen MR) is 53.8 cm³/mol. The lowest BCUT2D eigenvalue weighted by Crippen LogP contribution is -2.74. The summed E-state index contributed by atoms with van der Waals surface area (Å²) in [4.78, 5) is 9.80. The van der Waals surface area contributed by atoms with Crippen molar-refractivity contribution in [3.05, 3.63) is 0 Å². The van der Waals surface area contributed by atoms with Crippen LogP contribution in [0, 0.1) is 0 Å². The fourth-order valence-corrected chi connectivity index (χ4v) is 1.72. The van der Waals surface area contributed by atoms with Crippen molar-refractivity contribution < 1.29 is 84.3 Å². The van der Waals surface area contributed by atoms with E-state index in [1.165, 1.54) is 0 Å². The molecule has 5 nitrogen and oxygen atoms in total. The summed E-state index contributed by atoms with van der Waals surface area (Å²) < 4.78 is 208. The second-order valence-corrected chi connectivity index (χ2v) is 6.21. The summed E-state index contributed by atoms with van der Waals surface area (Å²) in [5, 5.41) is -0.100. The maximum Gasteiger partial charge on any atom is 0.438 e. The second-order valence-electron chi connectivity index (χ2n) is 4.74. The van der Waals surface area contributed by atoms with E-state index in [1.807, 2.05) is 0 Å². The number of aliphatic carboxylic acids is 1. The van der Waals surface area contributed by atoms with Crippen LogP contribution in [0.3, 0.4) is 0 Å². The fraction of sp³-hybridized carbons (Fsp3) is 0.875. The normalized spacial score (nSPS) is 16.2. The number of halogens is 14. The first kappa shape index (κ1) is 26.4. The van der Waals surface area contributed by atoms with E-state index < -0.39 is 56.9 Å². The summed E-state index contributed by atoms with van der Waals surface area (Å²) in [7, 11) is -7.80. The molecule has 0 saturated carbocycles. The molecule has 0 radical (unpaired) electrons. The summed E-state index contributed by atoms with van der Waals surface area (Å²) in [6, 6.07) is 0. The number of rotatable bonds is 8. The highest BCUT2D eigenvalue weighted by Crippen LogP contribution is 2.62. The highest BCUT2D eigenvalue weighted by atomic mass is 32.2. The van der Waals surface area contributed by atoms with E-state index in [2.05, 4.69) is 0 Å². The van der Waals surface area contributed by atoms with Crippen LogP contribution >= 0.6 is 0 Å². The SMILES string of the molecule is O=C(O)C(F)(F)C(F)(F)C(F)(F)C(F)(F)C(F)(F)C(F)(F)C(F)(F)S(=O)(=O)O. The molecule has 2 N–H and O–H groups in total. The molecule has 0 bridgehead atoms. The van der Waals surface area contributed by atoms with Gasteiger partial charge in [-0.15, -0.1) is 0 Å². The molecular formula is C8H2F14O5S. The largest absolute Gasteiger partial charge is 0.477 e. The van der Waals surface area contributed by atoms with Gasteiger partial charge in [0.15, 0.2) is 0 Å². The number of carboxylic acid groups (broad SMARTS) is 1. The maximum atomic E-state index is 13.1. The minimum atomic E-state index is -8.64. The van der Waals surface area contributed by atoms with Gasteiger partial charge in [-0.1, -0.05) is 0 Å². The first-order valence-electron chi connectivity index (χ1n) is 5.54. The zero-order valence-electron chi connectivity index (χ0n) is 11.8. The van der Waals surface area contributed by atoms with E-state index in [1.54, 1.807) is 0 Å². The zero-order chi connectivity index (χ0) is 23.6. The molecule has 28 heavy (non-hydrogen) atoms. The van der Waals surface area contributed by atoms with Crippen LogP contribution in [0.25, 0.3) is 0 Å². The van der Waals surface area contributed by atoms with Crippen LogP contribution < -0.4 is 0 Å². The summed E-state index contributed by atoms with van der Waals surface area (Å²) in [6.45, 7) is 0. The molecule has 0 spiro atoms. The van der Waals surface area contributed by atoms with Crippen LogP contribution in [0.5, 0.6) is 0 Å².